The van der Waals surface area contributed by atoms with Gasteiger partial charge in [-0.05, 0) is 36.2 Å². The Morgan fingerprint density at radius 3 is 2.44 bits per heavy atom. The van der Waals surface area contributed by atoms with Crippen LogP contribution in [0.4, 0.5) is 0 Å². The first-order valence-corrected chi connectivity index (χ1v) is 6.55. The lowest BCUT2D eigenvalue weighted by atomic mass is 10.1. The topological polar surface area (TPSA) is 0 Å². The fourth-order valence-electron chi connectivity index (χ4n) is 1.52. The predicted octanol–water partition coefficient (Wildman–Crippen LogP) is 4.94. The van der Waals surface area contributed by atoms with Crippen LogP contribution in [0.5, 0.6) is 0 Å². The SMILES string of the molecule is Cc1cccc(Cl)c1CSc1ccccc1. The summed E-state index contributed by atoms with van der Waals surface area (Å²) in [5, 5.41) is 0.864. The van der Waals surface area contributed by atoms with Crippen molar-refractivity contribution in [2.45, 2.75) is 17.6 Å². The third-order valence-electron chi connectivity index (χ3n) is 2.48. The molecule has 0 saturated heterocycles. The minimum absolute atomic E-state index is 0.864. The van der Waals surface area contributed by atoms with Crippen LogP contribution in [0.2, 0.25) is 5.02 Å². The number of halogens is 1. The van der Waals surface area contributed by atoms with E-state index in [0.29, 0.717) is 0 Å². The third kappa shape index (κ3) is 2.81. The van der Waals surface area contributed by atoms with Crippen LogP contribution in [0.25, 0.3) is 0 Å². The van der Waals surface area contributed by atoms with Crippen LogP contribution in [0.3, 0.4) is 0 Å². The average molecular weight is 249 g/mol. The Kier molecular flexibility index (Phi) is 3.92. The highest BCUT2D eigenvalue weighted by Gasteiger charge is 2.03. The highest BCUT2D eigenvalue weighted by Crippen LogP contribution is 2.28. The van der Waals surface area contributed by atoms with Crippen molar-refractivity contribution in [2.24, 2.45) is 0 Å². The van der Waals surface area contributed by atoms with Crippen LogP contribution >= 0.6 is 23.4 Å². The van der Waals surface area contributed by atoms with Gasteiger partial charge in [-0.2, -0.15) is 0 Å². The molecule has 0 atom stereocenters. The fourth-order valence-corrected chi connectivity index (χ4v) is 2.93. The number of hydrogen-bond donors (Lipinski definition) is 0. The van der Waals surface area contributed by atoms with Gasteiger partial charge in [-0.3, -0.25) is 0 Å². The maximum Gasteiger partial charge on any atom is 0.0449 e. The molecule has 0 heterocycles. The number of hydrogen-bond acceptors (Lipinski definition) is 1. The molecule has 2 rings (SSSR count). The summed E-state index contributed by atoms with van der Waals surface area (Å²) in [5.74, 6) is 0.926. The van der Waals surface area contributed by atoms with Gasteiger partial charge in [0.2, 0.25) is 0 Å². The molecule has 0 aliphatic rings. The first-order chi connectivity index (χ1) is 7.77. The van der Waals surface area contributed by atoms with Crippen molar-refractivity contribution >= 4 is 23.4 Å². The molecule has 0 aliphatic heterocycles. The first kappa shape index (κ1) is 11.6. The molecule has 0 aromatic heterocycles. The number of benzene rings is 2. The molecule has 0 fully saturated rings. The minimum atomic E-state index is 0.864. The van der Waals surface area contributed by atoms with Gasteiger partial charge in [0.25, 0.3) is 0 Å². The first-order valence-electron chi connectivity index (χ1n) is 5.19. The molecule has 2 aromatic carbocycles. The van der Waals surface area contributed by atoms with Crippen molar-refractivity contribution in [3.8, 4) is 0 Å². The van der Waals surface area contributed by atoms with Crippen molar-refractivity contribution in [1.29, 1.82) is 0 Å². The summed E-state index contributed by atoms with van der Waals surface area (Å²) in [4.78, 5) is 1.28. The lowest BCUT2D eigenvalue weighted by Crippen LogP contribution is -1.87. The quantitative estimate of drug-likeness (QED) is 0.694. The Morgan fingerprint density at radius 1 is 1.00 bits per heavy atom. The molecule has 0 bridgehead atoms. The van der Waals surface area contributed by atoms with Gasteiger partial charge in [0.1, 0.15) is 0 Å². The van der Waals surface area contributed by atoms with Crippen LogP contribution in [0.1, 0.15) is 11.1 Å². The van der Waals surface area contributed by atoms with Crippen LogP contribution in [-0.4, -0.2) is 0 Å². The number of thioether (sulfide) groups is 1. The average Bonchev–Trinajstić information content (AvgIpc) is 2.30. The van der Waals surface area contributed by atoms with Gasteiger partial charge in [0, 0.05) is 15.7 Å². The van der Waals surface area contributed by atoms with Crippen molar-refractivity contribution in [1.82, 2.24) is 0 Å². The zero-order valence-electron chi connectivity index (χ0n) is 9.11. The predicted molar refractivity (Wildman–Crippen MR) is 72.2 cm³/mol. The van der Waals surface area contributed by atoms with Gasteiger partial charge in [-0.15, -0.1) is 11.8 Å². The van der Waals surface area contributed by atoms with E-state index >= 15 is 0 Å². The van der Waals surface area contributed by atoms with Crippen molar-refractivity contribution < 1.29 is 0 Å². The van der Waals surface area contributed by atoms with Crippen LogP contribution in [0.15, 0.2) is 53.4 Å². The molecule has 0 amide bonds. The molecule has 0 unspecified atom stereocenters. The molecule has 2 heteroatoms. The Bertz CT molecular complexity index is 445. The second-order valence-electron chi connectivity index (χ2n) is 3.64. The molecule has 0 saturated carbocycles. The van der Waals surface area contributed by atoms with E-state index in [1.807, 2.05) is 30.0 Å². The molecule has 0 aliphatic carbocycles. The summed E-state index contributed by atoms with van der Waals surface area (Å²) in [6.45, 7) is 2.10. The molecule has 16 heavy (non-hydrogen) atoms. The highest BCUT2D eigenvalue weighted by molar-refractivity contribution is 7.98. The summed E-state index contributed by atoms with van der Waals surface area (Å²) in [7, 11) is 0. The second-order valence-corrected chi connectivity index (χ2v) is 5.09. The Morgan fingerprint density at radius 2 is 1.75 bits per heavy atom. The van der Waals surface area contributed by atoms with E-state index in [1.54, 1.807) is 0 Å². The summed E-state index contributed by atoms with van der Waals surface area (Å²) >= 11 is 8.00. The van der Waals surface area contributed by atoms with E-state index < -0.39 is 0 Å². The van der Waals surface area contributed by atoms with Crippen molar-refractivity contribution in [3.63, 3.8) is 0 Å². The van der Waals surface area contributed by atoms with E-state index in [4.69, 9.17) is 11.6 Å². The molecular formula is C14H13ClS. The van der Waals surface area contributed by atoms with Crippen LogP contribution < -0.4 is 0 Å². The van der Waals surface area contributed by atoms with E-state index in [1.165, 1.54) is 16.0 Å². The smallest absolute Gasteiger partial charge is 0.0449 e. The molecule has 0 N–H and O–H groups in total. The van der Waals surface area contributed by atoms with Crippen LogP contribution in [-0.2, 0) is 5.75 Å². The number of aryl methyl sites for hydroxylation is 1. The van der Waals surface area contributed by atoms with Gasteiger partial charge >= 0.3 is 0 Å². The lowest BCUT2D eigenvalue weighted by Gasteiger charge is -2.07. The van der Waals surface area contributed by atoms with E-state index in [-0.39, 0.29) is 0 Å². The largest absolute Gasteiger partial charge is 0.121 e. The van der Waals surface area contributed by atoms with E-state index in [0.717, 1.165) is 10.8 Å². The van der Waals surface area contributed by atoms with Gasteiger partial charge in [-0.25, -0.2) is 0 Å². The van der Waals surface area contributed by atoms with Crippen molar-refractivity contribution in [2.75, 3.05) is 0 Å². The summed E-state index contributed by atoms with van der Waals surface area (Å²) in [5.41, 5.74) is 2.49. The molecule has 0 radical (unpaired) electrons. The van der Waals surface area contributed by atoms with Gasteiger partial charge in [-0.1, -0.05) is 41.9 Å². The van der Waals surface area contributed by atoms with Crippen LogP contribution in [0, 0.1) is 6.92 Å². The normalized spacial score (nSPS) is 10.4. The highest BCUT2D eigenvalue weighted by atomic mass is 35.5. The van der Waals surface area contributed by atoms with Gasteiger partial charge in [0.05, 0.1) is 0 Å². The molecule has 2 aromatic rings. The fraction of sp³-hybridized carbons (Fsp3) is 0.143. The van der Waals surface area contributed by atoms with E-state index in [2.05, 4.69) is 37.3 Å². The Balaban J connectivity index is 2.11. The molecule has 0 nitrogen and oxygen atoms in total. The Hall–Kier alpha value is -0.920. The number of rotatable bonds is 3. The van der Waals surface area contributed by atoms with Gasteiger partial charge < -0.3 is 0 Å². The monoisotopic (exact) mass is 248 g/mol. The standard InChI is InChI=1S/C14H13ClS/c1-11-6-5-9-14(15)13(11)10-16-12-7-3-2-4-8-12/h2-9H,10H2,1H3. The lowest BCUT2D eigenvalue weighted by molar-refractivity contribution is 1.30. The van der Waals surface area contributed by atoms with Crippen molar-refractivity contribution in [3.05, 3.63) is 64.7 Å². The second kappa shape index (κ2) is 5.42. The Labute approximate surface area is 106 Å². The van der Waals surface area contributed by atoms with Gasteiger partial charge in [0.15, 0.2) is 0 Å². The third-order valence-corrected chi connectivity index (χ3v) is 3.87. The summed E-state index contributed by atoms with van der Waals surface area (Å²) < 4.78 is 0. The molecule has 82 valence electrons. The molecular weight excluding hydrogens is 236 g/mol. The zero-order chi connectivity index (χ0) is 11.4. The molecule has 0 spiro atoms. The van der Waals surface area contributed by atoms with E-state index in [9.17, 15) is 0 Å². The summed E-state index contributed by atoms with van der Waals surface area (Å²) in [6, 6.07) is 16.4. The minimum Gasteiger partial charge on any atom is -0.121 e. The maximum absolute atomic E-state index is 6.18. The zero-order valence-corrected chi connectivity index (χ0v) is 10.7. The summed E-state index contributed by atoms with van der Waals surface area (Å²) in [6.07, 6.45) is 0. The maximum atomic E-state index is 6.18.